The molecule has 0 bridgehead atoms. The lowest BCUT2D eigenvalue weighted by atomic mass is 9.76. The highest BCUT2D eigenvalue weighted by Crippen LogP contribution is 2.36. The molecule has 0 fully saturated rings. The van der Waals surface area contributed by atoms with Gasteiger partial charge >= 0.3 is 11.9 Å². The van der Waals surface area contributed by atoms with Crippen LogP contribution < -0.4 is 0 Å². The van der Waals surface area contributed by atoms with E-state index in [0.717, 1.165) is 25.7 Å². The Kier molecular flexibility index (Phi) is 7.64. The first-order valence-corrected chi connectivity index (χ1v) is 8.00. The monoisotopic (exact) mass is 306 g/mol. The summed E-state index contributed by atoms with van der Waals surface area (Å²) >= 11 is 0. The lowest BCUT2D eigenvalue weighted by Crippen LogP contribution is -2.24. The predicted octanol–water partition coefficient (Wildman–Crippen LogP) is 3.73. The van der Waals surface area contributed by atoms with E-state index in [1.165, 1.54) is 0 Å². The summed E-state index contributed by atoms with van der Waals surface area (Å²) in [6, 6.07) is 0. The summed E-state index contributed by atoms with van der Waals surface area (Å²) < 4.78 is 10.0. The molecule has 22 heavy (non-hydrogen) atoms. The van der Waals surface area contributed by atoms with Crippen molar-refractivity contribution in [1.82, 2.24) is 0 Å². The maximum absolute atomic E-state index is 12.1. The smallest absolute Gasteiger partial charge is 0.345 e. The van der Waals surface area contributed by atoms with E-state index < -0.39 is 11.9 Å². The molecule has 1 unspecified atom stereocenters. The lowest BCUT2D eigenvalue weighted by Gasteiger charge is -2.28. The Labute approximate surface area is 132 Å². The van der Waals surface area contributed by atoms with E-state index in [4.69, 9.17) is 9.47 Å². The van der Waals surface area contributed by atoms with Gasteiger partial charge in [0.1, 0.15) is 5.57 Å². The highest BCUT2D eigenvalue weighted by Gasteiger charge is 2.30. The van der Waals surface area contributed by atoms with Crippen molar-refractivity contribution in [3.05, 3.63) is 36.0 Å². The van der Waals surface area contributed by atoms with E-state index >= 15 is 0 Å². The molecular formula is C18H26O4. The average Bonchev–Trinajstić information content (AvgIpc) is 2.52. The van der Waals surface area contributed by atoms with Crippen LogP contribution in [0.15, 0.2) is 36.0 Å². The van der Waals surface area contributed by atoms with E-state index in [2.05, 4.69) is 19.1 Å². The minimum atomic E-state index is -0.611. The maximum Gasteiger partial charge on any atom is 0.345 e. The molecule has 1 aliphatic carbocycles. The molecule has 122 valence electrons. The standard InChI is InChI=1S/C18H26O4/c1-4-7-11-18(12-9-8-10-13-18)14-15(16(19)21-5-2)17(20)22-6-3/h8-10,12,14H,4-7,11,13H2,1-3H3. The summed E-state index contributed by atoms with van der Waals surface area (Å²) in [5.74, 6) is -1.22. The van der Waals surface area contributed by atoms with Crippen LogP contribution in [0.25, 0.3) is 0 Å². The van der Waals surface area contributed by atoms with Crippen LogP contribution in [0.2, 0.25) is 0 Å². The molecule has 4 heteroatoms. The number of allylic oxidation sites excluding steroid dienone is 5. The van der Waals surface area contributed by atoms with Crippen molar-refractivity contribution >= 4 is 11.9 Å². The zero-order valence-electron chi connectivity index (χ0n) is 13.8. The Morgan fingerprint density at radius 1 is 1.09 bits per heavy atom. The van der Waals surface area contributed by atoms with Crippen LogP contribution in [-0.2, 0) is 19.1 Å². The molecule has 0 saturated heterocycles. The van der Waals surface area contributed by atoms with Crippen molar-refractivity contribution in [2.24, 2.45) is 5.41 Å². The van der Waals surface area contributed by atoms with Gasteiger partial charge in [-0.25, -0.2) is 9.59 Å². The molecule has 0 amide bonds. The normalized spacial score (nSPS) is 19.6. The summed E-state index contributed by atoms with van der Waals surface area (Å²) in [6.45, 7) is 6.02. The Morgan fingerprint density at radius 2 is 1.73 bits per heavy atom. The first kappa shape index (κ1) is 18.2. The van der Waals surface area contributed by atoms with Gasteiger partial charge in [-0.3, -0.25) is 0 Å². The minimum Gasteiger partial charge on any atom is -0.462 e. The second kappa shape index (κ2) is 9.23. The van der Waals surface area contributed by atoms with Crippen molar-refractivity contribution in [2.45, 2.75) is 46.5 Å². The molecule has 0 N–H and O–H groups in total. The molecular weight excluding hydrogens is 280 g/mol. The van der Waals surface area contributed by atoms with Gasteiger partial charge in [0, 0.05) is 5.41 Å². The Bertz CT molecular complexity index is 453. The second-order valence-corrected chi connectivity index (χ2v) is 5.33. The predicted molar refractivity (Wildman–Crippen MR) is 86.2 cm³/mol. The average molecular weight is 306 g/mol. The number of hydrogen-bond donors (Lipinski definition) is 0. The molecule has 0 saturated carbocycles. The number of rotatable bonds is 8. The Hall–Kier alpha value is -1.84. The van der Waals surface area contributed by atoms with Crippen molar-refractivity contribution in [3.63, 3.8) is 0 Å². The lowest BCUT2D eigenvalue weighted by molar-refractivity contribution is -0.146. The maximum atomic E-state index is 12.1. The van der Waals surface area contributed by atoms with E-state index in [-0.39, 0.29) is 24.2 Å². The quantitative estimate of drug-likeness (QED) is 0.297. The molecule has 0 aromatic rings. The third-order valence-corrected chi connectivity index (χ3v) is 3.59. The number of ether oxygens (including phenoxy) is 2. The highest BCUT2D eigenvalue weighted by atomic mass is 16.6. The van der Waals surface area contributed by atoms with Gasteiger partial charge in [-0.1, -0.05) is 50.1 Å². The van der Waals surface area contributed by atoms with Gasteiger partial charge in [0.2, 0.25) is 0 Å². The van der Waals surface area contributed by atoms with Crippen LogP contribution >= 0.6 is 0 Å². The molecule has 1 aliphatic rings. The van der Waals surface area contributed by atoms with Gasteiger partial charge in [-0.15, -0.1) is 0 Å². The number of hydrogen-bond acceptors (Lipinski definition) is 4. The number of esters is 2. The molecule has 0 radical (unpaired) electrons. The fourth-order valence-electron chi connectivity index (χ4n) is 2.46. The van der Waals surface area contributed by atoms with Crippen LogP contribution in [-0.4, -0.2) is 25.2 Å². The zero-order valence-corrected chi connectivity index (χ0v) is 13.8. The van der Waals surface area contributed by atoms with Gasteiger partial charge < -0.3 is 9.47 Å². The topological polar surface area (TPSA) is 52.6 Å². The van der Waals surface area contributed by atoms with Crippen LogP contribution in [0.3, 0.4) is 0 Å². The molecule has 4 nitrogen and oxygen atoms in total. The Morgan fingerprint density at radius 3 is 2.18 bits per heavy atom. The van der Waals surface area contributed by atoms with Gasteiger partial charge in [-0.2, -0.15) is 0 Å². The first-order valence-electron chi connectivity index (χ1n) is 8.00. The van der Waals surface area contributed by atoms with Gasteiger partial charge in [-0.05, 0) is 26.7 Å². The number of carbonyl (C=O) groups is 2. The molecule has 0 heterocycles. The number of carbonyl (C=O) groups excluding carboxylic acids is 2. The minimum absolute atomic E-state index is 0.000229. The largest absolute Gasteiger partial charge is 0.462 e. The van der Waals surface area contributed by atoms with Crippen molar-refractivity contribution in [1.29, 1.82) is 0 Å². The van der Waals surface area contributed by atoms with E-state index in [1.54, 1.807) is 19.9 Å². The van der Waals surface area contributed by atoms with Crippen molar-refractivity contribution < 1.29 is 19.1 Å². The number of unbranched alkanes of at least 4 members (excludes halogenated alkanes) is 1. The molecule has 0 spiro atoms. The van der Waals surface area contributed by atoms with Crippen molar-refractivity contribution in [3.8, 4) is 0 Å². The summed E-state index contributed by atoms with van der Waals surface area (Å²) in [7, 11) is 0. The van der Waals surface area contributed by atoms with Crippen LogP contribution in [0.4, 0.5) is 0 Å². The molecule has 1 atom stereocenters. The van der Waals surface area contributed by atoms with E-state index in [1.807, 2.05) is 12.2 Å². The molecule has 1 rings (SSSR count). The SMILES string of the molecule is CCCCC1(C=C(C(=O)OCC)C(=O)OCC)C=CC=CC1. The van der Waals surface area contributed by atoms with Gasteiger partial charge in [0.25, 0.3) is 0 Å². The van der Waals surface area contributed by atoms with Crippen LogP contribution in [0.1, 0.15) is 46.5 Å². The molecule has 0 aromatic carbocycles. The fraction of sp³-hybridized carbons (Fsp3) is 0.556. The first-order chi connectivity index (χ1) is 10.6. The summed E-state index contributed by atoms with van der Waals surface area (Å²) in [4.78, 5) is 24.2. The van der Waals surface area contributed by atoms with Crippen molar-refractivity contribution in [2.75, 3.05) is 13.2 Å². The second-order valence-electron chi connectivity index (χ2n) is 5.33. The molecule has 0 aromatic heterocycles. The van der Waals surface area contributed by atoms with Crippen LogP contribution in [0.5, 0.6) is 0 Å². The zero-order chi connectivity index (χ0) is 16.4. The van der Waals surface area contributed by atoms with Crippen LogP contribution in [0, 0.1) is 5.41 Å². The molecule has 0 aliphatic heterocycles. The van der Waals surface area contributed by atoms with Gasteiger partial charge in [0.15, 0.2) is 0 Å². The third-order valence-electron chi connectivity index (χ3n) is 3.59. The summed E-state index contributed by atoms with van der Waals surface area (Å²) in [5, 5.41) is 0. The third kappa shape index (κ3) is 5.17. The highest BCUT2D eigenvalue weighted by molar-refractivity contribution is 6.14. The van der Waals surface area contributed by atoms with E-state index in [9.17, 15) is 9.59 Å². The summed E-state index contributed by atoms with van der Waals surface area (Å²) in [5.41, 5.74) is -0.320. The van der Waals surface area contributed by atoms with Gasteiger partial charge in [0.05, 0.1) is 13.2 Å². The summed E-state index contributed by atoms with van der Waals surface area (Å²) in [6.07, 6.45) is 13.5. The Balaban J connectivity index is 3.13. The van der Waals surface area contributed by atoms with E-state index in [0.29, 0.717) is 0 Å². The fourth-order valence-corrected chi connectivity index (χ4v) is 2.46.